The molecular formula is C24H23ClFN5O. The molecular weight excluding hydrogens is 429 g/mol. The van der Waals surface area contributed by atoms with Crippen LogP contribution in [-0.4, -0.2) is 39.7 Å². The number of likely N-dealkylation sites (tertiary alicyclic amines) is 1. The Kier molecular flexibility index (Phi) is 6.01. The molecule has 0 unspecified atom stereocenters. The molecule has 8 heteroatoms. The summed E-state index contributed by atoms with van der Waals surface area (Å²) in [7, 11) is 0. The van der Waals surface area contributed by atoms with Crippen LogP contribution in [0.2, 0.25) is 5.02 Å². The number of hydrogen-bond acceptors (Lipinski definition) is 6. The second kappa shape index (κ2) is 9.22. The second-order valence-electron chi connectivity index (χ2n) is 8.17. The standard InChI is InChI=1S/C24H23ClFN5O/c25-19-5-1-17(2-6-19)14-31-11-9-16(10-12-31)13-27-23-21-22(18-3-7-20(26)8-4-18)30-32-24(21)29-15-28-23/h1-8,15-16H,9-14H2,(H,27,28,29). The van der Waals surface area contributed by atoms with E-state index in [0.29, 0.717) is 23.1 Å². The number of rotatable bonds is 6. The van der Waals surface area contributed by atoms with Gasteiger partial charge in [0.15, 0.2) is 0 Å². The van der Waals surface area contributed by atoms with Crippen LogP contribution in [0.25, 0.3) is 22.4 Å². The molecule has 2 aromatic carbocycles. The van der Waals surface area contributed by atoms with E-state index in [9.17, 15) is 4.39 Å². The van der Waals surface area contributed by atoms with Crippen LogP contribution < -0.4 is 5.32 Å². The zero-order chi connectivity index (χ0) is 21.9. The third-order valence-corrected chi connectivity index (χ3v) is 6.23. The highest BCUT2D eigenvalue weighted by Gasteiger charge is 2.21. The molecule has 0 aliphatic carbocycles. The van der Waals surface area contributed by atoms with E-state index in [1.807, 2.05) is 12.1 Å². The third-order valence-electron chi connectivity index (χ3n) is 5.98. The van der Waals surface area contributed by atoms with Crippen molar-refractivity contribution < 1.29 is 8.91 Å². The van der Waals surface area contributed by atoms with Gasteiger partial charge < -0.3 is 9.84 Å². The van der Waals surface area contributed by atoms with Crippen molar-refractivity contribution >= 4 is 28.5 Å². The Morgan fingerprint density at radius 2 is 1.78 bits per heavy atom. The lowest BCUT2D eigenvalue weighted by Crippen LogP contribution is -2.35. The molecule has 3 heterocycles. The smallest absolute Gasteiger partial charge is 0.263 e. The Morgan fingerprint density at radius 3 is 2.53 bits per heavy atom. The van der Waals surface area contributed by atoms with Gasteiger partial charge in [0.25, 0.3) is 5.71 Å². The van der Waals surface area contributed by atoms with E-state index in [0.717, 1.165) is 55.0 Å². The third kappa shape index (κ3) is 4.59. The SMILES string of the molecule is Fc1ccc(-c2noc3ncnc(NCC4CCN(Cc5ccc(Cl)cc5)CC4)c23)cc1. The van der Waals surface area contributed by atoms with Crippen LogP contribution in [0.1, 0.15) is 18.4 Å². The highest BCUT2D eigenvalue weighted by atomic mass is 35.5. The molecule has 2 aromatic heterocycles. The number of hydrogen-bond donors (Lipinski definition) is 1. The maximum atomic E-state index is 13.3. The fourth-order valence-corrected chi connectivity index (χ4v) is 4.29. The highest BCUT2D eigenvalue weighted by molar-refractivity contribution is 6.30. The number of nitrogens with zero attached hydrogens (tertiary/aromatic N) is 4. The average Bonchev–Trinajstić information content (AvgIpc) is 3.25. The minimum atomic E-state index is -0.293. The lowest BCUT2D eigenvalue weighted by atomic mass is 9.96. The quantitative estimate of drug-likeness (QED) is 0.423. The summed E-state index contributed by atoms with van der Waals surface area (Å²) in [5, 5.41) is 9.12. The minimum Gasteiger partial charge on any atom is -0.369 e. The number of halogens is 2. The van der Waals surface area contributed by atoms with Gasteiger partial charge in [-0.25, -0.2) is 9.37 Å². The number of anilines is 1. The van der Waals surface area contributed by atoms with Crippen LogP contribution in [-0.2, 0) is 6.54 Å². The molecule has 1 aliphatic heterocycles. The normalized spacial score (nSPS) is 15.3. The first kappa shape index (κ1) is 20.8. The topological polar surface area (TPSA) is 67.1 Å². The largest absolute Gasteiger partial charge is 0.369 e. The van der Waals surface area contributed by atoms with E-state index in [1.54, 1.807) is 12.1 Å². The summed E-state index contributed by atoms with van der Waals surface area (Å²) in [6.07, 6.45) is 3.70. The minimum absolute atomic E-state index is 0.293. The van der Waals surface area contributed by atoms with E-state index in [2.05, 4.69) is 37.5 Å². The molecule has 1 fully saturated rings. The fourth-order valence-electron chi connectivity index (χ4n) is 4.16. The Balaban J connectivity index is 1.23. The van der Waals surface area contributed by atoms with Crippen LogP contribution in [0.4, 0.5) is 10.2 Å². The van der Waals surface area contributed by atoms with Gasteiger partial charge >= 0.3 is 0 Å². The van der Waals surface area contributed by atoms with Crippen LogP contribution in [0.3, 0.4) is 0 Å². The number of aromatic nitrogens is 3. The second-order valence-corrected chi connectivity index (χ2v) is 8.60. The summed E-state index contributed by atoms with van der Waals surface area (Å²) in [6, 6.07) is 14.2. The molecule has 4 aromatic rings. The van der Waals surface area contributed by atoms with Gasteiger partial charge in [0.05, 0.1) is 0 Å². The maximum absolute atomic E-state index is 13.3. The Morgan fingerprint density at radius 1 is 1.03 bits per heavy atom. The van der Waals surface area contributed by atoms with Crippen LogP contribution in [0, 0.1) is 11.7 Å². The molecule has 1 saturated heterocycles. The van der Waals surface area contributed by atoms with E-state index in [1.165, 1.54) is 24.0 Å². The molecule has 0 bridgehead atoms. The number of piperidine rings is 1. The first-order valence-electron chi connectivity index (χ1n) is 10.7. The van der Waals surface area contributed by atoms with Crippen LogP contribution >= 0.6 is 11.6 Å². The van der Waals surface area contributed by atoms with Gasteiger partial charge in [-0.05, 0) is 73.8 Å². The zero-order valence-electron chi connectivity index (χ0n) is 17.5. The van der Waals surface area contributed by atoms with Gasteiger partial charge in [0.1, 0.15) is 29.0 Å². The Bertz CT molecular complexity index is 1190. The fraction of sp³-hybridized carbons (Fsp3) is 0.292. The summed E-state index contributed by atoms with van der Waals surface area (Å²) in [6.45, 7) is 3.88. The lowest BCUT2D eigenvalue weighted by Gasteiger charge is -2.32. The summed E-state index contributed by atoms with van der Waals surface area (Å²) < 4.78 is 18.7. The zero-order valence-corrected chi connectivity index (χ0v) is 18.2. The van der Waals surface area contributed by atoms with Gasteiger partial charge in [-0.1, -0.05) is 28.9 Å². The molecule has 1 N–H and O–H groups in total. The van der Waals surface area contributed by atoms with E-state index in [4.69, 9.17) is 16.1 Å². The monoisotopic (exact) mass is 451 g/mol. The van der Waals surface area contributed by atoms with Crippen molar-refractivity contribution in [3.05, 3.63) is 71.3 Å². The lowest BCUT2D eigenvalue weighted by molar-refractivity contribution is 0.182. The van der Waals surface area contributed by atoms with Crippen molar-refractivity contribution in [1.29, 1.82) is 0 Å². The number of nitrogens with one attached hydrogen (secondary N) is 1. The van der Waals surface area contributed by atoms with Crippen LogP contribution in [0.15, 0.2) is 59.4 Å². The van der Waals surface area contributed by atoms with Crippen molar-refractivity contribution in [3.8, 4) is 11.3 Å². The van der Waals surface area contributed by atoms with Crippen molar-refractivity contribution in [2.75, 3.05) is 25.0 Å². The summed E-state index contributed by atoms with van der Waals surface area (Å²) in [5.74, 6) is 0.952. The molecule has 0 radical (unpaired) electrons. The Hall–Kier alpha value is -3.03. The van der Waals surface area contributed by atoms with Gasteiger partial charge in [0, 0.05) is 23.7 Å². The predicted octanol–water partition coefficient (Wildman–Crippen LogP) is 5.40. The first-order chi connectivity index (χ1) is 15.7. The van der Waals surface area contributed by atoms with E-state index < -0.39 is 0 Å². The molecule has 0 atom stereocenters. The molecule has 32 heavy (non-hydrogen) atoms. The molecule has 0 spiro atoms. The molecule has 0 amide bonds. The van der Waals surface area contributed by atoms with Gasteiger partial charge in [-0.2, -0.15) is 4.98 Å². The highest BCUT2D eigenvalue weighted by Crippen LogP contribution is 2.31. The van der Waals surface area contributed by atoms with Crippen molar-refractivity contribution in [2.45, 2.75) is 19.4 Å². The van der Waals surface area contributed by atoms with E-state index >= 15 is 0 Å². The number of benzene rings is 2. The molecule has 164 valence electrons. The van der Waals surface area contributed by atoms with Crippen LogP contribution in [0.5, 0.6) is 0 Å². The average molecular weight is 452 g/mol. The molecule has 0 saturated carbocycles. The number of fused-ring (bicyclic) bond motifs is 1. The molecule has 1 aliphatic rings. The first-order valence-corrected chi connectivity index (χ1v) is 11.1. The van der Waals surface area contributed by atoms with Crippen molar-refractivity contribution in [1.82, 2.24) is 20.0 Å². The van der Waals surface area contributed by atoms with Gasteiger partial charge in [-0.3, -0.25) is 4.90 Å². The Labute approximate surface area is 190 Å². The van der Waals surface area contributed by atoms with Gasteiger partial charge in [-0.15, -0.1) is 0 Å². The predicted molar refractivity (Wildman–Crippen MR) is 123 cm³/mol. The maximum Gasteiger partial charge on any atom is 0.263 e. The summed E-state index contributed by atoms with van der Waals surface area (Å²) >= 11 is 5.98. The van der Waals surface area contributed by atoms with Crippen molar-refractivity contribution in [3.63, 3.8) is 0 Å². The molecule has 5 rings (SSSR count). The van der Waals surface area contributed by atoms with E-state index in [-0.39, 0.29) is 5.82 Å². The summed E-state index contributed by atoms with van der Waals surface area (Å²) in [4.78, 5) is 11.1. The van der Waals surface area contributed by atoms with Crippen molar-refractivity contribution in [2.24, 2.45) is 5.92 Å². The summed E-state index contributed by atoms with van der Waals surface area (Å²) in [5.41, 5.74) is 3.08. The van der Waals surface area contributed by atoms with Gasteiger partial charge in [0.2, 0.25) is 0 Å². The molecule has 6 nitrogen and oxygen atoms in total.